The Morgan fingerprint density at radius 2 is 1.76 bits per heavy atom. The van der Waals surface area contributed by atoms with Crippen LogP contribution in [0.25, 0.3) is 33.3 Å². The molecule has 0 atom stereocenters. The molecule has 0 radical (unpaired) electrons. The predicted molar refractivity (Wildman–Crippen MR) is 119 cm³/mol. The molecule has 1 amide bonds. The monoisotopic (exact) mass is 467 g/mol. The van der Waals surface area contributed by atoms with Gasteiger partial charge in [0.2, 0.25) is 0 Å². The maximum absolute atomic E-state index is 13.0. The van der Waals surface area contributed by atoms with Crippen molar-refractivity contribution in [1.29, 1.82) is 0 Å². The van der Waals surface area contributed by atoms with Crippen molar-refractivity contribution in [2.24, 2.45) is 7.05 Å². The molecule has 0 unspecified atom stereocenters. The minimum atomic E-state index is -4.51. The summed E-state index contributed by atoms with van der Waals surface area (Å²) in [6, 6.07) is 11.6. The number of alkyl halides is 3. The number of rotatable bonds is 4. The number of carbonyl (C=O) groups excluding carboxylic acids is 1. The first-order valence-corrected chi connectivity index (χ1v) is 10.5. The zero-order chi connectivity index (χ0) is 24.0. The zero-order valence-electron chi connectivity index (χ0n) is 18.4. The number of hydrogen-bond acceptors (Lipinski definition) is 5. The minimum Gasteiger partial charge on any atom is -0.378 e. The molecule has 1 saturated heterocycles. The maximum atomic E-state index is 13.0. The fraction of sp³-hybridized carbons (Fsp3) is 0.250. The van der Waals surface area contributed by atoms with E-state index >= 15 is 0 Å². The highest BCUT2D eigenvalue weighted by Gasteiger charge is 2.35. The number of halogens is 3. The van der Waals surface area contributed by atoms with Crippen LogP contribution in [-0.2, 0) is 18.0 Å². The van der Waals surface area contributed by atoms with E-state index in [0.717, 1.165) is 22.6 Å². The molecule has 1 aromatic carbocycles. The van der Waals surface area contributed by atoms with Gasteiger partial charge in [-0.2, -0.15) is 18.3 Å². The lowest BCUT2D eigenvalue weighted by Crippen LogP contribution is -2.54. The van der Waals surface area contributed by atoms with Gasteiger partial charge >= 0.3 is 6.18 Å². The molecule has 34 heavy (non-hydrogen) atoms. The van der Waals surface area contributed by atoms with Crippen LogP contribution in [0.2, 0.25) is 0 Å². The third-order valence-corrected chi connectivity index (χ3v) is 5.95. The third kappa shape index (κ3) is 3.90. The number of nitrogens with zero attached hydrogens (tertiary/aromatic N) is 5. The van der Waals surface area contributed by atoms with E-state index in [1.807, 2.05) is 6.07 Å². The first kappa shape index (κ1) is 22.0. The molecule has 0 spiro atoms. The van der Waals surface area contributed by atoms with Crippen LogP contribution in [0.4, 0.5) is 13.2 Å². The van der Waals surface area contributed by atoms with Gasteiger partial charge in [0.25, 0.3) is 5.91 Å². The smallest absolute Gasteiger partial charge is 0.378 e. The summed E-state index contributed by atoms with van der Waals surface area (Å²) in [5.74, 6) is -0.162. The van der Waals surface area contributed by atoms with Crippen LogP contribution in [0.15, 0.2) is 54.9 Å². The van der Waals surface area contributed by atoms with Crippen molar-refractivity contribution < 1.29 is 22.7 Å². The average Bonchev–Trinajstić information content (AvgIpc) is 3.20. The van der Waals surface area contributed by atoms with Crippen LogP contribution in [-0.4, -0.2) is 56.9 Å². The van der Waals surface area contributed by atoms with Gasteiger partial charge in [0.05, 0.1) is 17.3 Å². The Morgan fingerprint density at radius 1 is 1.06 bits per heavy atom. The summed E-state index contributed by atoms with van der Waals surface area (Å²) in [5, 5.41) is 4.35. The van der Waals surface area contributed by atoms with Crippen molar-refractivity contribution >= 4 is 16.8 Å². The summed E-state index contributed by atoms with van der Waals surface area (Å²) in [7, 11) is 3.09. The SMILES string of the molecule is COC1CN(C(=O)c2ccc3cncc(-c4ccc(-c5cc(C(F)(F)F)nn5C)cc4)c3n2)C1. The number of aromatic nitrogens is 4. The molecular weight excluding hydrogens is 447 g/mol. The van der Waals surface area contributed by atoms with Gasteiger partial charge in [0.1, 0.15) is 5.69 Å². The van der Waals surface area contributed by atoms with Gasteiger partial charge in [-0.15, -0.1) is 0 Å². The highest BCUT2D eigenvalue weighted by molar-refractivity contribution is 5.98. The van der Waals surface area contributed by atoms with Crippen molar-refractivity contribution in [3.05, 3.63) is 66.2 Å². The Balaban J connectivity index is 1.47. The lowest BCUT2D eigenvalue weighted by molar-refractivity contribution is -0.141. The molecule has 0 aliphatic carbocycles. The second-order valence-electron chi connectivity index (χ2n) is 8.14. The largest absolute Gasteiger partial charge is 0.435 e. The van der Waals surface area contributed by atoms with Crippen molar-refractivity contribution in [1.82, 2.24) is 24.6 Å². The molecule has 0 bridgehead atoms. The van der Waals surface area contributed by atoms with Gasteiger partial charge in [-0.3, -0.25) is 14.5 Å². The van der Waals surface area contributed by atoms with E-state index in [4.69, 9.17) is 4.74 Å². The molecule has 4 heterocycles. The number of aryl methyl sites for hydroxylation is 1. The van der Waals surface area contributed by atoms with E-state index in [2.05, 4.69) is 15.1 Å². The Labute approximate surface area is 192 Å². The summed E-state index contributed by atoms with van der Waals surface area (Å²) in [6.07, 6.45) is -1.12. The quantitative estimate of drug-likeness (QED) is 0.450. The van der Waals surface area contributed by atoms with Gasteiger partial charge in [0.15, 0.2) is 5.69 Å². The first-order valence-electron chi connectivity index (χ1n) is 10.5. The number of fused-ring (bicyclic) bond motifs is 1. The van der Waals surface area contributed by atoms with Crippen molar-refractivity contribution in [2.45, 2.75) is 12.3 Å². The van der Waals surface area contributed by atoms with E-state index in [1.54, 1.807) is 54.7 Å². The topological polar surface area (TPSA) is 73.1 Å². The first-order chi connectivity index (χ1) is 16.2. The zero-order valence-corrected chi connectivity index (χ0v) is 18.4. The summed E-state index contributed by atoms with van der Waals surface area (Å²) in [6.45, 7) is 1.06. The maximum Gasteiger partial charge on any atom is 0.435 e. The molecule has 0 saturated carbocycles. The average molecular weight is 467 g/mol. The molecule has 3 aromatic heterocycles. The van der Waals surface area contributed by atoms with Gasteiger partial charge in [-0.25, -0.2) is 4.98 Å². The van der Waals surface area contributed by atoms with Crippen LogP contribution in [0, 0.1) is 0 Å². The molecule has 10 heteroatoms. The standard InChI is InChI=1S/C24H20F3N5O2/c1-31-20(9-21(30-31)24(25,26)27)15-5-3-14(4-6-15)18-11-28-10-16-7-8-19(29-22(16)18)23(33)32-12-17(13-32)34-2/h3-11,17H,12-13H2,1-2H3. The molecule has 0 N–H and O–H groups in total. The number of ether oxygens (including phenoxy) is 1. The molecule has 1 aliphatic rings. The Kier molecular flexibility index (Phi) is 5.32. The number of likely N-dealkylation sites (tertiary alicyclic amines) is 1. The highest BCUT2D eigenvalue weighted by atomic mass is 19.4. The number of methoxy groups -OCH3 is 1. The van der Waals surface area contributed by atoms with Gasteiger partial charge in [-0.1, -0.05) is 24.3 Å². The Bertz CT molecular complexity index is 1380. The van der Waals surface area contributed by atoms with E-state index in [0.29, 0.717) is 35.6 Å². The highest BCUT2D eigenvalue weighted by Crippen LogP contribution is 2.33. The molecule has 7 nitrogen and oxygen atoms in total. The van der Waals surface area contributed by atoms with E-state index in [9.17, 15) is 18.0 Å². The van der Waals surface area contributed by atoms with E-state index in [1.165, 1.54) is 11.7 Å². The van der Waals surface area contributed by atoms with Crippen molar-refractivity contribution in [3.63, 3.8) is 0 Å². The number of hydrogen-bond donors (Lipinski definition) is 0. The van der Waals surface area contributed by atoms with Crippen LogP contribution in [0.5, 0.6) is 0 Å². The molecule has 1 fully saturated rings. The summed E-state index contributed by atoms with van der Waals surface area (Å²) in [5.41, 5.74) is 2.46. The van der Waals surface area contributed by atoms with Gasteiger partial charge < -0.3 is 9.64 Å². The van der Waals surface area contributed by atoms with Gasteiger partial charge in [0, 0.05) is 50.6 Å². The molecular formula is C24H20F3N5O2. The van der Waals surface area contributed by atoms with Crippen LogP contribution in [0.3, 0.4) is 0 Å². The summed E-state index contributed by atoms with van der Waals surface area (Å²) in [4.78, 5) is 23.4. The minimum absolute atomic E-state index is 0.0503. The molecule has 5 rings (SSSR count). The second kappa shape index (κ2) is 8.21. The second-order valence-corrected chi connectivity index (χ2v) is 8.14. The lowest BCUT2D eigenvalue weighted by atomic mass is 10.0. The van der Waals surface area contributed by atoms with Crippen LogP contribution < -0.4 is 0 Å². The van der Waals surface area contributed by atoms with E-state index in [-0.39, 0.29) is 12.0 Å². The molecule has 4 aromatic rings. The van der Waals surface area contributed by atoms with Crippen LogP contribution in [0.1, 0.15) is 16.2 Å². The summed E-state index contributed by atoms with van der Waals surface area (Å²) >= 11 is 0. The molecule has 1 aliphatic heterocycles. The predicted octanol–water partition coefficient (Wildman–Crippen LogP) is 4.19. The fourth-order valence-electron chi connectivity index (χ4n) is 3.98. The molecule has 174 valence electrons. The van der Waals surface area contributed by atoms with Crippen molar-refractivity contribution in [3.8, 4) is 22.4 Å². The number of carbonyl (C=O) groups is 1. The summed E-state index contributed by atoms with van der Waals surface area (Å²) < 4.78 is 45.5. The van der Waals surface area contributed by atoms with E-state index < -0.39 is 11.9 Å². The third-order valence-electron chi connectivity index (χ3n) is 5.95. The van der Waals surface area contributed by atoms with Crippen LogP contribution >= 0.6 is 0 Å². The number of amides is 1. The van der Waals surface area contributed by atoms with Crippen molar-refractivity contribution in [2.75, 3.05) is 20.2 Å². The number of benzene rings is 1. The Morgan fingerprint density at radius 3 is 2.41 bits per heavy atom. The normalized spacial score (nSPS) is 14.4. The Hall–Kier alpha value is -3.79. The van der Waals surface area contributed by atoms with Gasteiger partial charge in [-0.05, 0) is 29.3 Å². The fourth-order valence-corrected chi connectivity index (χ4v) is 3.98. The number of pyridine rings is 2. The lowest BCUT2D eigenvalue weighted by Gasteiger charge is -2.37.